The van der Waals surface area contributed by atoms with Crippen molar-refractivity contribution in [2.24, 2.45) is 7.05 Å². The molecule has 4 aromatic rings. The summed E-state index contributed by atoms with van der Waals surface area (Å²) < 4.78 is 7.60. The molecule has 4 heterocycles. The lowest BCUT2D eigenvalue weighted by Gasteiger charge is -2.21. The van der Waals surface area contributed by atoms with Crippen molar-refractivity contribution in [3.05, 3.63) is 63.6 Å². The molecule has 0 atom stereocenters. The van der Waals surface area contributed by atoms with Crippen LogP contribution < -0.4 is 4.90 Å². The summed E-state index contributed by atoms with van der Waals surface area (Å²) in [5, 5.41) is 11.0. The molecular weight excluding hydrogens is 352 g/mol. The topological polar surface area (TPSA) is 47.1 Å². The molecule has 0 aromatic carbocycles. The second-order valence-electron chi connectivity index (χ2n) is 5.81. The minimum absolute atomic E-state index is 0.653. The minimum atomic E-state index is 0.653. The van der Waals surface area contributed by atoms with Crippen molar-refractivity contribution in [3.8, 4) is 10.7 Å². The summed E-state index contributed by atoms with van der Waals surface area (Å²) in [6.07, 6.45) is 1.70. The second-order valence-corrected chi connectivity index (χ2v) is 8.13. The first-order valence-corrected chi connectivity index (χ1v) is 9.66. The number of hydrogen-bond acceptors (Lipinski definition) is 6. The van der Waals surface area contributed by atoms with Crippen molar-refractivity contribution in [2.45, 2.75) is 20.0 Å². The second kappa shape index (κ2) is 6.85. The van der Waals surface area contributed by atoms with E-state index in [2.05, 4.69) is 56.2 Å². The molecule has 0 saturated heterocycles. The molecular formula is C18H18N4OS2. The van der Waals surface area contributed by atoms with Gasteiger partial charge in [0.05, 0.1) is 24.2 Å². The predicted octanol–water partition coefficient (Wildman–Crippen LogP) is 4.71. The van der Waals surface area contributed by atoms with Gasteiger partial charge in [-0.3, -0.25) is 4.57 Å². The quantitative estimate of drug-likeness (QED) is 0.493. The Labute approximate surface area is 154 Å². The van der Waals surface area contributed by atoms with Gasteiger partial charge in [0, 0.05) is 16.8 Å². The van der Waals surface area contributed by atoms with Gasteiger partial charge < -0.3 is 9.32 Å². The summed E-state index contributed by atoms with van der Waals surface area (Å²) in [7, 11) is 2.02. The molecule has 0 amide bonds. The summed E-state index contributed by atoms with van der Waals surface area (Å²) in [5.74, 6) is 2.64. The van der Waals surface area contributed by atoms with E-state index in [1.54, 1.807) is 28.9 Å². The Morgan fingerprint density at radius 2 is 2.04 bits per heavy atom. The van der Waals surface area contributed by atoms with E-state index in [1.807, 2.05) is 19.2 Å². The van der Waals surface area contributed by atoms with Crippen molar-refractivity contribution >= 4 is 28.6 Å². The van der Waals surface area contributed by atoms with Gasteiger partial charge >= 0.3 is 0 Å². The predicted molar refractivity (Wildman–Crippen MR) is 102 cm³/mol. The van der Waals surface area contributed by atoms with Crippen molar-refractivity contribution < 1.29 is 4.42 Å². The van der Waals surface area contributed by atoms with E-state index in [4.69, 9.17) is 4.42 Å². The van der Waals surface area contributed by atoms with Crippen LogP contribution in [-0.2, 0) is 20.1 Å². The van der Waals surface area contributed by atoms with Crippen LogP contribution in [0.25, 0.3) is 10.7 Å². The fourth-order valence-electron chi connectivity index (χ4n) is 2.74. The van der Waals surface area contributed by atoms with Crippen LogP contribution in [0.1, 0.15) is 15.5 Å². The van der Waals surface area contributed by atoms with E-state index >= 15 is 0 Å². The zero-order valence-electron chi connectivity index (χ0n) is 14.0. The van der Waals surface area contributed by atoms with E-state index in [9.17, 15) is 0 Å². The number of furan rings is 1. The number of nitrogens with zero attached hydrogens (tertiary/aromatic N) is 4. The standard InChI is InChI=1S/C18H18N4OS2/c1-13-7-8-16(25-13)17-19-20-18(21(17)2)22(11-14-5-3-9-23-14)12-15-6-4-10-24-15/h3-10H,11-12H2,1-2H3. The van der Waals surface area contributed by atoms with E-state index in [0.29, 0.717) is 6.54 Å². The molecule has 0 aliphatic heterocycles. The van der Waals surface area contributed by atoms with Gasteiger partial charge in [0.1, 0.15) is 5.76 Å². The average Bonchev–Trinajstić information content (AvgIpc) is 3.35. The van der Waals surface area contributed by atoms with Gasteiger partial charge in [0.15, 0.2) is 5.82 Å². The third kappa shape index (κ3) is 3.38. The van der Waals surface area contributed by atoms with Crippen LogP contribution in [0, 0.1) is 6.92 Å². The molecule has 0 bridgehead atoms. The maximum absolute atomic E-state index is 5.55. The number of hydrogen-bond donors (Lipinski definition) is 0. The number of thiophene rings is 2. The Morgan fingerprint density at radius 3 is 2.72 bits per heavy atom. The number of aryl methyl sites for hydroxylation is 1. The maximum atomic E-state index is 5.55. The van der Waals surface area contributed by atoms with Gasteiger partial charge in [0.2, 0.25) is 5.95 Å². The molecule has 0 aliphatic rings. The zero-order chi connectivity index (χ0) is 17.2. The van der Waals surface area contributed by atoms with E-state index in [1.165, 1.54) is 9.75 Å². The van der Waals surface area contributed by atoms with Gasteiger partial charge in [-0.05, 0) is 42.6 Å². The highest BCUT2D eigenvalue weighted by Gasteiger charge is 2.19. The molecule has 128 valence electrons. The Hall–Kier alpha value is -2.38. The summed E-state index contributed by atoms with van der Waals surface area (Å²) in [6.45, 7) is 3.53. The van der Waals surface area contributed by atoms with Gasteiger partial charge in [-0.1, -0.05) is 6.07 Å². The molecule has 0 fully saturated rings. The molecule has 0 saturated carbocycles. The van der Waals surface area contributed by atoms with E-state index in [0.717, 1.165) is 29.0 Å². The highest BCUT2D eigenvalue weighted by atomic mass is 32.1. The van der Waals surface area contributed by atoms with Crippen molar-refractivity contribution in [3.63, 3.8) is 0 Å². The Morgan fingerprint density at radius 1 is 1.12 bits per heavy atom. The van der Waals surface area contributed by atoms with Gasteiger partial charge in [0.25, 0.3) is 0 Å². The van der Waals surface area contributed by atoms with Crippen LogP contribution in [0.4, 0.5) is 5.95 Å². The van der Waals surface area contributed by atoms with Crippen LogP contribution in [0.15, 0.2) is 52.5 Å². The lowest BCUT2D eigenvalue weighted by Crippen LogP contribution is -2.24. The third-order valence-electron chi connectivity index (χ3n) is 3.95. The monoisotopic (exact) mass is 370 g/mol. The average molecular weight is 371 g/mol. The van der Waals surface area contributed by atoms with Crippen molar-refractivity contribution in [1.82, 2.24) is 14.8 Å². The molecule has 25 heavy (non-hydrogen) atoms. The maximum Gasteiger partial charge on any atom is 0.228 e. The number of aromatic nitrogens is 3. The first-order chi connectivity index (χ1) is 12.2. The van der Waals surface area contributed by atoms with Crippen LogP contribution >= 0.6 is 22.7 Å². The van der Waals surface area contributed by atoms with Crippen LogP contribution in [0.2, 0.25) is 0 Å². The first kappa shape index (κ1) is 16.1. The highest BCUT2D eigenvalue weighted by molar-refractivity contribution is 7.15. The Kier molecular flexibility index (Phi) is 4.42. The molecule has 7 heteroatoms. The SMILES string of the molecule is Cc1ccc(-c2nnc(N(Cc3ccco3)Cc3cccs3)n2C)s1. The van der Waals surface area contributed by atoms with Crippen LogP contribution in [0.3, 0.4) is 0 Å². The Balaban J connectivity index is 1.67. The molecule has 4 aromatic heterocycles. The zero-order valence-corrected chi connectivity index (χ0v) is 15.7. The molecule has 0 N–H and O–H groups in total. The van der Waals surface area contributed by atoms with Gasteiger partial charge in [-0.25, -0.2) is 0 Å². The van der Waals surface area contributed by atoms with Crippen LogP contribution in [-0.4, -0.2) is 14.8 Å². The lowest BCUT2D eigenvalue weighted by atomic mass is 10.3. The first-order valence-electron chi connectivity index (χ1n) is 7.96. The van der Waals surface area contributed by atoms with E-state index < -0.39 is 0 Å². The summed E-state index contributed by atoms with van der Waals surface area (Å²) >= 11 is 3.48. The van der Waals surface area contributed by atoms with Crippen LogP contribution in [0.5, 0.6) is 0 Å². The van der Waals surface area contributed by atoms with Gasteiger partial charge in [-0.2, -0.15) is 0 Å². The highest BCUT2D eigenvalue weighted by Crippen LogP contribution is 2.29. The fraction of sp³-hybridized carbons (Fsp3) is 0.222. The van der Waals surface area contributed by atoms with Crippen molar-refractivity contribution in [1.29, 1.82) is 0 Å². The molecule has 0 aliphatic carbocycles. The van der Waals surface area contributed by atoms with E-state index in [-0.39, 0.29) is 0 Å². The normalized spacial score (nSPS) is 11.1. The molecule has 0 unspecified atom stereocenters. The molecule has 0 radical (unpaired) electrons. The molecule has 5 nitrogen and oxygen atoms in total. The minimum Gasteiger partial charge on any atom is -0.467 e. The molecule has 4 rings (SSSR count). The lowest BCUT2D eigenvalue weighted by molar-refractivity contribution is 0.498. The van der Waals surface area contributed by atoms with Crippen molar-refractivity contribution in [2.75, 3.05) is 4.90 Å². The summed E-state index contributed by atoms with van der Waals surface area (Å²) in [5.41, 5.74) is 0. The summed E-state index contributed by atoms with van der Waals surface area (Å²) in [6, 6.07) is 12.3. The molecule has 0 spiro atoms. The largest absolute Gasteiger partial charge is 0.467 e. The number of anilines is 1. The third-order valence-corrected chi connectivity index (χ3v) is 5.81. The smallest absolute Gasteiger partial charge is 0.228 e. The van der Waals surface area contributed by atoms with Gasteiger partial charge in [-0.15, -0.1) is 32.9 Å². The summed E-state index contributed by atoms with van der Waals surface area (Å²) in [4.78, 5) is 5.88. The Bertz CT molecular complexity index is 902. The number of rotatable bonds is 6. The fourth-order valence-corrected chi connectivity index (χ4v) is 4.35.